The van der Waals surface area contributed by atoms with E-state index in [0.717, 1.165) is 17.8 Å². The molecule has 0 aromatic heterocycles. The second-order valence-electron chi connectivity index (χ2n) is 4.08. The molecule has 2 atom stereocenters. The third-order valence-electron chi connectivity index (χ3n) is 3.50. The van der Waals surface area contributed by atoms with Crippen LogP contribution in [0.2, 0.25) is 0 Å². The van der Waals surface area contributed by atoms with Crippen molar-refractivity contribution in [1.82, 2.24) is 0 Å². The highest BCUT2D eigenvalue weighted by molar-refractivity contribution is 4.87. The minimum absolute atomic E-state index is 0.996. The largest absolute Gasteiger partial charge is 0.0530 e. The highest BCUT2D eigenvalue weighted by Crippen LogP contribution is 2.47. The third kappa shape index (κ3) is 0.980. The lowest BCUT2D eigenvalue weighted by Gasteiger charge is -2.04. The SMILES string of the molecule is [CH2]CC1CC2CCCC2C1. The molecule has 0 aliphatic heterocycles. The summed E-state index contributed by atoms with van der Waals surface area (Å²) < 4.78 is 0. The van der Waals surface area contributed by atoms with E-state index < -0.39 is 0 Å². The fourth-order valence-electron chi connectivity index (χ4n) is 2.92. The van der Waals surface area contributed by atoms with Crippen LogP contribution in [0.1, 0.15) is 38.5 Å². The average molecular weight is 137 g/mol. The van der Waals surface area contributed by atoms with Crippen LogP contribution in [0.25, 0.3) is 0 Å². The zero-order valence-electron chi connectivity index (χ0n) is 6.68. The third-order valence-corrected chi connectivity index (χ3v) is 3.50. The van der Waals surface area contributed by atoms with Gasteiger partial charge in [0.15, 0.2) is 0 Å². The average Bonchev–Trinajstić information content (AvgIpc) is 2.42. The molecule has 0 saturated heterocycles. The van der Waals surface area contributed by atoms with Gasteiger partial charge < -0.3 is 0 Å². The summed E-state index contributed by atoms with van der Waals surface area (Å²) in [5.41, 5.74) is 0. The molecule has 2 fully saturated rings. The molecule has 2 aliphatic carbocycles. The summed E-state index contributed by atoms with van der Waals surface area (Å²) in [5, 5.41) is 0. The Hall–Kier alpha value is 0. The first-order valence-electron chi connectivity index (χ1n) is 4.69. The molecule has 0 aromatic rings. The van der Waals surface area contributed by atoms with E-state index in [1.165, 1.54) is 38.5 Å². The normalized spacial score (nSPS) is 45.9. The van der Waals surface area contributed by atoms with Crippen LogP contribution in [0, 0.1) is 24.7 Å². The highest BCUT2D eigenvalue weighted by Gasteiger charge is 2.35. The number of fused-ring (bicyclic) bond motifs is 1. The van der Waals surface area contributed by atoms with E-state index in [2.05, 4.69) is 6.92 Å². The van der Waals surface area contributed by atoms with Gasteiger partial charge in [0.1, 0.15) is 0 Å². The van der Waals surface area contributed by atoms with Crippen molar-refractivity contribution in [2.45, 2.75) is 38.5 Å². The Bertz CT molecular complexity index is 105. The number of hydrogen-bond donors (Lipinski definition) is 0. The summed E-state index contributed by atoms with van der Waals surface area (Å²) in [7, 11) is 0. The molecule has 0 heteroatoms. The molecule has 2 saturated carbocycles. The minimum atomic E-state index is 0.996. The van der Waals surface area contributed by atoms with Crippen molar-refractivity contribution < 1.29 is 0 Å². The van der Waals surface area contributed by atoms with Crippen LogP contribution in [0.4, 0.5) is 0 Å². The molecule has 2 rings (SSSR count). The Morgan fingerprint density at radius 3 is 2.20 bits per heavy atom. The lowest BCUT2D eigenvalue weighted by Crippen LogP contribution is -1.95. The topological polar surface area (TPSA) is 0 Å². The van der Waals surface area contributed by atoms with E-state index in [-0.39, 0.29) is 0 Å². The van der Waals surface area contributed by atoms with E-state index in [0.29, 0.717) is 0 Å². The fraction of sp³-hybridized carbons (Fsp3) is 0.900. The van der Waals surface area contributed by atoms with Gasteiger partial charge in [0.25, 0.3) is 0 Å². The van der Waals surface area contributed by atoms with Crippen molar-refractivity contribution in [1.29, 1.82) is 0 Å². The van der Waals surface area contributed by atoms with Gasteiger partial charge in [-0.2, -0.15) is 0 Å². The van der Waals surface area contributed by atoms with E-state index in [4.69, 9.17) is 0 Å². The van der Waals surface area contributed by atoms with Crippen LogP contribution in [0.5, 0.6) is 0 Å². The summed E-state index contributed by atoms with van der Waals surface area (Å²) in [6, 6.07) is 0. The first-order valence-corrected chi connectivity index (χ1v) is 4.69. The Kier molecular flexibility index (Phi) is 1.71. The summed E-state index contributed by atoms with van der Waals surface area (Å²) in [6.45, 7) is 3.99. The molecule has 1 radical (unpaired) electrons. The Morgan fingerprint density at radius 2 is 1.70 bits per heavy atom. The van der Waals surface area contributed by atoms with Gasteiger partial charge >= 0.3 is 0 Å². The van der Waals surface area contributed by atoms with E-state index >= 15 is 0 Å². The maximum atomic E-state index is 3.99. The molecule has 0 nitrogen and oxygen atoms in total. The summed E-state index contributed by atoms with van der Waals surface area (Å²) in [6.07, 6.45) is 8.77. The predicted octanol–water partition coefficient (Wildman–Crippen LogP) is 3.04. The molecule has 0 spiro atoms. The van der Waals surface area contributed by atoms with E-state index in [9.17, 15) is 0 Å². The van der Waals surface area contributed by atoms with Gasteiger partial charge in [0.05, 0.1) is 0 Å². The second-order valence-corrected chi connectivity index (χ2v) is 4.08. The maximum Gasteiger partial charge on any atom is -0.0383 e. The van der Waals surface area contributed by atoms with Gasteiger partial charge in [-0.25, -0.2) is 0 Å². The number of hydrogen-bond acceptors (Lipinski definition) is 0. The van der Waals surface area contributed by atoms with Crippen molar-refractivity contribution in [3.05, 3.63) is 6.92 Å². The molecule has 0 heterocycles. The zero-order valence-corrected chi connectivity index (χ0v) is 6.68. The van der Waals surface area contributed by atoms with Crippen LogP contribution in [-0.4, -0.2) is 0 Å². The minimum Gasteiger partial charge on any atom is -0.0530 e. The van der Waals surface area contributed by atoms with Gasteiger partial charge in [-0.15, -0.1) is 0 Å². The Morgan fingerprint density at radius 1 is 1.10 bits per heavy atom. The molecule has 0 bridgehead atoms. The van der Waals surface area contributed by atoms with Gasteiger partial charge in [0, 0.05) is 0 Å². The van der Waals surface area contributed by atoms with Gasteiger partial charge in [0.2, 0.25) is 0 Å². The van der Waals surface area contributed by atoms with Gasteiger partial charge in [-0.3, -0.25) is 0 Å². The molecule has 0 N–H and O–H groups in total. The Labute approximate surface area is 64.0 Å². The molecule has 57 valence electrons. The lowest BCUT2D eigenvalue weighted by molar-refractivity contribution is 0.457. The van der Waals surface area contributed by atoms with E-state index in [1.807, 2.05) is 0 Å². The molecule has 2 unspecified atom stereocenters. The van der Waals surface area contributed by atoms with Gasteiger partial charge in [-0.05, 0) is 30.6 Å². The predicted molar refractivity (Wildman–Crippen MR) is 43.5 cm³/mol. The maximum absolute atomic E-state index is 3.99. The van der Waals surface area contributed by atoms with Crippen molar-refractivity contribution >= 4 is 0 Å². The molecule has 0 aromatic carbocycles. The van der Waals surface area contributed by atoms with Crippen LogP contribution in [0.3, 0.4) is 0 Å². The lowest BCUT2D eigenvalue weighted by atomic mass is 10.0. The Balaban J connectivity index is 1.94. The molecular weight excluding hydrogens is 120 g/mol. The summed E-state index contributed by atoms with van der Waals surface area (Å²) >= 11 is 0. The summed E-state index contributed by atoms with van der Waals surface area (Å²) in [5.74, 6) is 3.23. The van der Waals surface area contributed by atoms with Crippen molar-refractivity contribution in [2.75, 3.05) is 0 Å². The van der Waals surface area contributed by atoms with Crippen molar-refractivity contribution in [2.24, 2.45) is 17.8 Å². The van der Waals surface area contributed by atoms with Crippen LogP contribution in [-0.2, 0) is 0 Å². The van der Waals surface area contributed by atoms with Crippen molar-refractivity contribution in [3.8, 4) is 0 Å². The molecule has 2 aliphatic rings. The molecular formula is C10H17. The van der Waals surface area contributed by atoms with Crippen LogP contribution < -0.4 is 0 Å². The monoisotopic (exact) mass is 137 g/mol. The second kappa shape index (κ2) is 2.56. The van der Waals surface area contributed by atoms with Crippen LogP contribution in [0.15, 0.2) is 0 Å². The first-order chi connectivity index (χ1) is 4.90. The van der Waals surface area contributed by atoms with Crippen molar-refractivity contribution in [3.63, 3.8) is 0 Å². The molecule has 10 heavy (non-hydrogen) atoms. The van der Waals surface area contributed by atoms with Crippen LogP contribution >= 0.6 is 0 Å². The standard InChI is InChI=1S/C10H17/c1-2-8-6-9-4-3-5-10(9)7-8/h8-10H,1-7H2. The van der Waals surface area contributed by atoms with E-state index in [1.54, 1.807) is 0 Å². The number of rotatable bonds is 1. The first kappa shape index (κ1) is 6.69. The quantitative estimate of drug-likeness (QED) is 0.521. The smallest absolute Gasteiger partial charge is 0.0383 e. The highest BCUT2D eigenvalue weighted by atomic mass is 14.4. The molecule has 0 amide bonds. The summed E-state index contributed by atoms with van der Waals surface area (Å²) in [4.78, 5) is 0. The zero-order chi connectivity index (χ0) is 6.97. The van der Waals surface area contributed by atoms with Gasteiger partial charge in [-0.1, -0.05) is 32.6 Å². The fourth-order valence-corrected chi connectivity index (χ4v) is 2.92.